The van der Waals surface area contributed by atoms with Crippen molar-refractivity contribution in [3.05, 3.63) is 30.1 Å². The fraction of sp³-hybridized carbons (Fsp3) is 0.533. The molecule has 2 N–H and O–H groups in total. The monoisotopic (exact) mass is 296 g/mol. The van der Waals surface area contributed by atoms with Crippen molar-refractivity contribution >= 4 is 17.7 Å². The maximum atomic E-state index is 12.8. The summed E-state index contributed by atoms with van der Waals surface area (Å²) in [5.41, 5.74) is 0. The van der Waals surface area contributed by atoms with Gasteiger partial charge in [0.05, 0.1) is 0 Å². The summed E-state index contributed by atoms with van der Waals surface area (Å²) in [7, 11) is 0. The molecule has 110 valence electrons. The van der Waals surface area contributed by atoms with Crippen LogP contribution in [-0.4, -0.2) is 30.8 Å². The highest BCUT2D eigenvalue weighted by Gasteiger charge is 2.22. The molecule has 2 rings (SSSR count). The van der Waals surface area contributed by atoms with E-state index in [1.165, 1.54) is 12.1 Å². The van der Waals surface area contributed by atoms with Crippen LogP contribution in [0.25, 0.3) is 0 Å². The lowest BCUT2D eigenvalue weighted by molar-refractivity contribution is -0.121. The number of carbonyl (C=O) groups excluding carboxylic acids is 1. The number of carbonyl (C=O) groups is 1. The predicted octanol–water partition coefficient (Wildman–Crippen LogP) is 2.42. The normalized spacial score (nSPS) is 22.5. The van der Waals surface area contributed by atoms with Gasteiger partial charge in [0, 0.05) is 29.7 Å². The highest BCUT2D eigenvalue weighted by Crippen LogP contribution is 2.19. The topological polar surface area (TPSA) is 41.1 Å². The zero-order valence-corrected chi connectivity index (χ0v) is 12.5. The van der Waals surface area contributed by atoms with Gasteiger partial charge in [-0.15, -0.1) is 11.8 Å². The van der Waals surface area contributed by atoms with Crippen LogP contribution in [0.4, 0.5) is 4.39 Å². The smallest absolute Gasteiger partial charge is 0.221 e. The fourth-order valence-electron chi connectivity index (χ4n) is 2.25. The Balaban J connectivity index is 1.68. The van der Waals surface area contributed by atoms with Crippen LogP contribution in [0.5, 0.6) is 0 Å². The molecule has 0 radical (unpaired) electrons. The van der Waals surface area contributed by atoms with E-state index >= 15 is 0 Å². The van der Waals surface area contributed by atoms with Crippen LogP contribution in [0.1, 0.15) is 19.8 Å². The van der Waals surface area contributed by atoms with Crippen LogP contribution in [0.2, 0.25) is 0 Å². The Morgan fingerprint density at radius 2 is 2.20 bits per heavy atom. The number of rotatable bonds is 5. The second-order valence-corrected chi connectivity index (χ2v) is 6.36. The average Bonchev–Trinajstić information content (AvgIpc) is 2.44. The second kappa shape index (κ2) is 7.64. The van der Waals surface area contributed by atoms with Crippen molar-refractivity contribution in [3.8, 4) is 0 Å². The summed E-state index contributed by atoms with van der Waals surface area (Å²) in [6.07, 6.45) is 1.60. The molecule has 3 nitrogen and oxygen atoms in total. The van der Waals surface area contributed by atoms with Crippen molar-refractivity contribution in [1.82, 2.24) is 10.6 Å². The summed E-state index contributed by atoms with van der Waals surface area (Å²) < 4.78 is 12.8. The molecule has 0 spiro atoms. The van der Waals surface area contributed by atoms with E-state index in [1.807, 2.05) is 0 Å². The van der Waals surface area contributed by atoms with Gasteiger partial charge in [0.1, 0.15) is 5.82 Å². The first-order valence-electron chi connectivity index (χ1n) is 7.03. The van der Waals surface area contributed by atoms with Crippen LogP contribution in [0, 0.1) is 11.7 Å². The van der Waals surface area contributed by atoms with Crippen molar-refractivity contribution in [2.24, 2.45) is 5.92 Å². The number of piperidine rings is 1. The molecule has 1 heterocycles. The molecule has 20 heavy (non-hydrogen) atoms. The molecule has 2 atom stereocenters. The molecule has 2 unspecified atom stereocenters. The van der Waals surface area contributed by atoms with Gasteiger partial charge < -0.3 is 10.6 Å². The van der Waals surface area contributed by atoms with Gasteiger partial charge in [-0.05, 0) is 43.1 Å². The first-order valence-corrected chi connectivity index (χ1v) is 8.02. The first kappa shape index (κ1) is 15.3. The number of hydrogen-bond acceptors (Lipinski definition) is 3. The van der Waals surface area contributed by atoms with E-state index < -0.39 is 0 Å². The maximum absolute atomic E-state index is 12.8. The Bertz CT molecular complexity index is 438. The molecule has 0 aliphatic carbocycles. The third-order valence-corrected chi connectivity index (χ3v) is 4.60. The Kier molecular flexibility index (Phi) is 5.86. The maximum Gasteiger partial charge on any atom is 0.221 e. The third-order valence-electron chi connectivity index (χ3n) is 3.59. The van der Waals surface area contributed by atoms with Crippen LogP contribution in [0.3, 0.4) is 0 Å². The molecule has 1 aromatic carbocycles. The van der Waals surface area contributed by atoms with Crippen LogP contribution in [0.15, 0.2) is 29.2 Å². The van der Waals surface area contributed by atoms with Crippen molar-refractivity contribution in [2.75, 3.05) is 18.8 Å². The van der Waals surface area contributed by atoms with E-state index in [-0.39, 0.29) is 17.8 Å². The quantitative estimate of drug-likeness (QED) is 0.820. The number of amides is 1. The van der Waals surface area contributed by atoms with Gasteiger partial charge >= 0.3 is 0 Å². The highest BCUT2D eigenvalue weighted by molar-refractivity contribution is 7.99. The molecule has 1 saturated heterocycles. The Morgan fingerprint density at radius 3 is 2.90 bits per heavy atom. The van der Waals surface area contributed by atoms with E-state index in [1.54, 1.807) is 23.9 Å². The molecule has 1 aliphatic rings. The molecule has 1 fully saturated rings. The van der Waals surface area contributed by atoms with Crippen LogP contribution in [-0.2, 0) is 4.79 Å². The minimum absolute atomic E-state index is 0.0974. The van der Waals surface area contributed by atoms with Crippen LogP contribution >= 0.6 is 11.8 Å². The molecule has 1 amide bonds. The summed E-state index contributed by atoms with van der Waals surface area (Å²) >= 11 is 1.58. The molecule has 5 heteroatoms. The van der Waals surface area contributed by atoms with Gasteiger partial charge in [-0.1, -0.05) is 6.92 Å². The average molecular weight is 296 g/mol. The number of hydrogen-bond donors (Lipinski definition) is 2. The number of benzene rings is 1. The number of thioether (sulfide) groups is 1. The summed E-state index contributed by atoms with van der Waals surface area (Å²) in [5.74, 6) is 1.11. The SMILES string of the molecule is CC1CCNCC1NC(=O)CCSc1ccc(F)cc1. The summed E-state index contributed by atoms with van der Waals surface area (Å²) in [5, 5.41) is 6.39. The Labute approximate surface area is 123 Å². The molecule has 1 aliphatic heterocycles. The van der Waals surface area contributed by atoms with Gasteiger partial charge in [-0.25, -0.2) is 4.39 Å². The van der Waals surface area contributed by atoms with Gasteiger partial charge in [-0.2, -0.15) is 0 Å². The summed E-state index contributed by atoms with van der Waals surface area (Å²) in [4.78, 5) is 12.9. The van der Waals surface area contributed by atoms with E-state index in [4.69, 9.17) is 0 Å². The van der Waals surface area contributed by atoms with E-state index in [2.05, 4.69) is 17.6 Å². The number of halogens is 1. The van der Waals surface area contributed by atoms with Gasteiger partial charge in [-0.3, -0.25) is 4.79 Å². The second-order valence-electron chi connectivity index (χ2n) is 5.20. The molecule has 0 bridgehead atoms. The molecular weight excluding hydrogens is 275 g/mol. The van der Waals surface area contributed by atoms with Crippen LogP contribution < -0.4 is 10.6 Å². The predicted molar refractivity (Wildman–Crippen MR) is 80.3 cm³/mol. The van der Waals surface area contributed by atoms with Gasteiger partial charge in [0.25, 0.3) is 0 Å². The molecule has 0 aromatic heterocycles. The molecule has 0 saturated carbocycles. The van der Waals surface area contributed by atoms with Crippen molar-refractivity contribution < 1.29 is 9.18 Å². The van der Waals surface area contributed by atoms with Gasteiger partial charge in [0.15, 0.2) is 0 Å². The summed E-state index contributed by atoms with van der Waals surface area (Å²) in [6, 6.07) is 6.61. The largest absolute Gasteiger partial charge is 0.352 e. The zero-order valence-electron chi connectivity index (χ0n) is 11.7. The van der Waals surface area contributed by atoms with Crippen molar-refractivity contribution in [3.63, 3.8) is 0 Å². The first-order chi connectivity index (χ1) is 9.65. The van der Waals surface area contributed by atoms with Crippen molar-refractivity contribution in [1.29, 1.82) is 0 Å². The summed E-state index contributed by atoms with van der Waals surface area (Å²) in [6.45, 7) is 4.07. The Morgan fingerprint density at radius 1 is 1.45 bits per heavy atom. The van der Waals surface area contributed by atoms with E-state index in [0.29, 0.717) is 18.1 Å². The lowest BCUT2D eigenvalue weighted by atomic mass is 9.95. The minimum atomic E-state index is -0.231. The van der Waals surface area contributed by atoms with Crippen molar-refractivity contribution in [2.45, 2.75) is 30.7 Å². The fourth-order valence-corrected chi connectivity index (χ4v) is 3.11. The lowest BCUT2D eigenvalue weighted by Gasteiger charge is -2.30. The van der Waals surface area contributed by atoms with E-state index in [0.717, 1.165) is 24.4 Å². The zero-order chi connectivity index (χ0) is 14.4. The standard InChI is InChI=1S/C15H21FN2OS/c1-11-6-8-17-10-14(11)18-15(19)7-9-20-13-4-2-12(16)3-5-13/h2-5,11,14,17H,6-10H2,1H3,(H,18,19). The Hall–Kier alpha value is -1.07. The van der Waals surface area contributed by atoms with Gasteiger partial charge in [0.2, 0.25) is 5.91 Å². The third kappa shape index (κ3) is 4.80. The lowest BCUT2D eigenvalue weighted by Crippen LogP contribution is -2.50. The number of nitrogens with one attached hydrogen (secondary N) is 2. The van der Waals surface area contributed by atoms with E-state index in [9.17, 15) is 9.18 Å². The molecular formula is C15H21FN2OS. The minimum Gasteiger partial charge on any atom is -0.352 e. The highest BCUT2D eigenvalue weighted by atomic mass is 32.2. The molecule has 1 aromatic rings.